The number of ether oxygens (including phenoxy) is 3. The number of fused-ring (bicyclic) bond motifs is 1. The lowest BCUT2D eigenvalue weighted by Gasteiger charge is -2.33. The largest absolute Gasteiger partial charge is 0.493 e. The average Bonchev–Trinajstić information content (AvgIpc) is 2.93. The molecule has 0 spiro atoms. The van der Waals surface area contributed by atoms with Gasteiger partial charge in [-0.3, -0.25) is 9.69 Å². The molecule has 144 valence electrons. The van der Waals surface area contributed by atoms with Crippen molar-refractivity contribution in [1.82, 2.24) is 4.90 Å². The van der Waals surface area contributed by atoms with Crippen molar-refractivity contribution in [2.45, 2.75) is 32.1 Å². The first-order valence-electron chi connectivity index (χ1n) is 8.61. The highest BCUT2D eigenvalue weighted by molar-refractivity contribution is 8.15. The van der Waals surface area contributed by atoms with E-state index in [1.165, 1.54) is 11.8 Å². The Morgan fingerprint density at radius 2 is 1.96 bits per heavy atom. The number of aliphatic imine (C=N–C) groups is 1. The first-order valence-corrected chi connectivity index (χ1v) is 9.49. The van der Waals surface area contributed by atoms with Crippen LogP contribution in [0.1, 0.15) is 32.4 Å². The molecule has 2 aliphatic rings. The first kappa shape index (κ1) is 19.3. The Morgan fingerprint density at radius 3 is 2.59 bits per heavy atom. The van der Waals surface area contributed by atoms with Gasteiger partial charge in [0.15, 0.2) is 16.7 Å². The second-order valence-electron chi connectivity index (χ2n) is 6.10. The molecule has 27 heavy (non-hydrogen) atoms. The van der Waals surface area contributed by atoms with E-state index in [-0.39, 0.29) is 17.8 Å². The van der Waals surface area contributed by atoms with Crippen molar-refractivity contribution in [2.24, 2.45) is 4.99 Å². The van der Waals surface area contributed by atoms with Gasteiger partial charge in [0, 0.05) is 0 Å². The fourth-order valence-electron chi connectivity index (χ4n) is 3.21. The molecule has 1 fully saturated rings. The predicted octanol–water partition coefficient (Wildman–Crippen LogP) is 2.92. The van der Waals surface area contributed by atoms with Gasteiger partial charge in [-0.25, -0.2) is 9.79 Å². The summed E-state index contributed by atoms with van der Waals surface area (Å²) in [5, 5.41) is 0.332. The van der Waals surface area contributed by atoms with Crippen molar-refractivity contribution in [3.63, 3.8) is 0 Å². The van der Waals surface area contributed by atoms with Crippen molar-refractivity contribution in [1.29, 1.82) is 0 Å². The highest BCUT2D eigenvalue weighted by atomic mass is 32.2. The Hall–Kier alpha value is -2.48. The predicted molar refractivity (Wildman–Crippen MR) is 103 cm³/mol. The SMILES string of the molecule is CCOC(=O)C1=C(C)N=C2S[C@H](C)C(=O)N2[C@H]1c1ccc(OC)c(OC)c1. The minimum atomic E-state index is -0.624. The molecule has 2 aliphatic heterocycles. The van der Waals surface area contributed by atoms with Crippen molar-refractivity contribution < 1.29 is 23.8 Å². The Bertz CT molecular complexity index is 849. The summed E-state index contributed by atoms with van der Waals surface area (Å²) in [6, 6.07) is 4.73. The Kier molecular flexibility index (Phi) is 5.46. The maximum Gasteiger partial charge on any atom is 0.338 e. The number of benzene rings is 1. The number of amides is 1. The zero-order chi connectivity index (χ0) is 19.7. The van der Waals surface area contributed by atoms with Crippen LogP contribution in [0.4, 0.5) is 0 Å². The summed E-state index contributed by atoms with van der Waals surface area (Å²) < 4.78 is 16.0. The van der Waals surface area contributed by atoms with Crippen LogP contribution in [0.25, 0.3) is 0 Å². The summed E-state index contributed by atoms with van der Waals surface area (Å²) in [4.78, 5) is 31.6. The lowest BCUT2D eigenvalue weighted by atomic mass is 9.94. The molecule has 8 heteroatoms. The van der Waals surface area contributed by atoms with Crippen molar-refractivity contribution in [3.8, 4) is 11.5 Å². The van der Waals surface area contributed by atoms with Gasteiger partial charge in [-0.2, -0.15) is 0 Å². The standard InChI is InChI=1S/C19H22N2O5S/c1-6-26-18(23)15-10(2)20-19-21(17(22)11(3)27-19)16(15)12-7-8-13(24-4)14(9-12)25-5/h7-9,11,16H,6H2,1-5H3/t11-,16+/m1/s1. The summed E-state index contributed by atoms with van der Waals surface area (Å²) >= 11 is 1.39. The van der Waals surface area contributed by atoms with Gasteiger partial charge in [-0.15, -0.1) is 0 Å². The molecule has 2 atom stereocenters. The van der Waals surface area contributed by atoms with Crippen LogP contribution >= 0.6 is 11.8 Å². The van der Waals surface area contributed by atoms with Crippen LogP contribution < -0.4 is 9.47 Å². The number of allylic oxidation sites excluding steroid dienone is 1. The molecule has 1 aromatic rings. The summed E-state index contributed by atoms with van der Waals surface area (Å²) in [7, 11) is 3.10. The molecular formula is C19H22N2O5S. The van der Waals surface area contributed by atoms with Crippen molar-refractivity contribution in [2.75, 3.05) is 20.8 Å². The number of amidine groups is 1. The van der Waals surface area contributed by atoms with E-state index < -0.39 is 12.0 Å². The van der Waals surface area contributed by atoms with E-state index in [0.717, 1.165) is 5.56 Å². The second kappa shape index (κ2) is 7.64. The molecule has 0 N–H and O–H groups in total. The van der Waals surface area contributed by atoms with Gasteiger partial charge in [0.25, 0.3) is 0 Å². The number of thioether (sulfide) groups is 1. The van der Waals surface area contributed by atoms with E-state index in [9.17, 15) is 9.59 Å². The molecule has 1 aromatic carbocycles. The molecular weight excluding hydrogens is 368 g/mol. The Labute approximate surface area is 162 Å². The second-order valence-corrected chi connectivity index (χ2v) is 7.41. The first-order chi connectivity index (χ1) is 12.9. The van der Waals surface area contributed by atoms with Crippen LogP contribution in [0.2, 0.25) is 0 Å². The minimum Gasteiger partial charge on any atom is -0.493 e. The maximum absolute atomic E-state index is 12.8. The van der Waals surface area contributed by atoms with E-state index in [4.69, 9.17) is 14.2 Å². The fraction of sp³-hybridized carbons (Fsp3) is 0.421. The molecule has 0 bridgehead atoms. The van der Waals surface area contributed by atoms with Gasteiger partial charge < -0.3 is 14.2 Å². The number of carbonyl (C=O) groups excluding carboxylic acids is 2. The third kappa shape index (κ3) is 3.29. The zero-order valence-corrected chi connectivity index (χ0v) is 16.8. The molecule has 2 heterocycles. The van der Waals surface area contributed by atoms with Crippen LogP contribution in [0.3, 0.4) is 0 Å². The average molecular weight is 390 g/mol. The fourth-order valence-corrected chi connectivity index (χ4v) is 4.24. The van der Waals surface area contributed by atoms with Crippen LogP contribution in [0, 0.1) is 0 Å². The third-order valence-electron chi connectivity index (χ3n) is 4.48. The maximum atomic E-state index is 12.8. The zero-order valence-electron chi connectivity index (χ0n) is 15.9. The van der Waals surface area contributed by atoms with Crippen LogP contribution in [-0.2, 0) is 14.3 Å². The lowest BCUT2D eigenvalue weighted by Crippen LogP contribution is -2.40. The van der Waals surface area contributed by atoms with E-state index in [1.807, 2.05) is 13.0 Å². The quantitative estimate of drug-likeness (QED) is 0.720. The number of methoxy groups -OCH3 is 2. The monoisotopic (exact) mass is 390 g/mol. The van der Waals surface area contributed by atoms with E-state index in [2.05, 4.69) is 4.99 Å². The minimum absolute atomic E-state index is 0.0900. The number of hydrogen-bond acceptors (Lipinski definition) is 7. The number of carbonyl (C=O) groups is 2. The molecule has 0 radical (unpaired) electrons. The normalized spacial score (nSPS) is 21.7. The van der Waals surface area contributed by atoms with Gasteiger partial charge in [-0.1, -0.05) is 17.8 Å². The Balaban J connectivity index is 2.17. The summed E-state index contributed by atoms with van der Waals surface area (Å²) in [5.74, 6) is 0.523. The van der Waals surface area contributed by atoms with E-state index >= 15 is 0 Å². The Morgan fingerprint density at radius 1 is 1.26 bits per heavy atom. The summed E-state index contributed by atoms with van der Waals surface area (Å²) in [6.07, 6.45) is 0. The molecule has 1 amide bonds. The number of esters is 1. The van der Waals surface area contributed by atoms with Gasteiger partial charge in [0.05, 0.1) is 43.4 Å². The smallest absolute Gasteiger partial charge is 0.338 e. The van der Waals surface area contributed by atoms with Gasteiger partial charge in [0.1, 0.15) is 0 Å². The van der Waals surface area contributed by atoms with Crippen LogP contribution in [-0.4, -0.2) is 48.0 Å². The van der Waals surface area contributed by atoms with E-state index in [1.54, 1.807) is 45.1 Å². The van der Waals surface area contributed by atoms with Gasteiger partial charge in [0.2, 0.25) is 5.91 Å². The van der Waals surface area contributed by atoms with Crippen molar-refractivity contribution >= 4 is 28.8 Å². The highest BCUT2D eigenvalue weighted by Gasteiger charge is 2.46. The number of hydrogen-bond donors (Lipinski definition) is 0. The molecule has 0 aromatic heterocycles. The van der Waals surface area contributed by atoms with E-state index in [0.29, 0.717) is 27.9 Å². The lowest BCUT2D eigenvalue weighted by molar-refractivity contribution is -0.139. The van der Waals surface area contributed by atoms with Crippen molar-refractivity contribution in [3.05, 3.63) is 35.0 Å². The molecule has 3 rings (SSSR count). The third-order valence-corrected chi connectivity index (χ3v) is 5.53. The molecule has 0 aliphatic carbocycles. The number of nitrogens with zero attached hydrogens (tertiary/aromatic N) is 2. The summed E-state index contributed by atoms with van der Waals surface area (Å²) in [5.41, 5.74) is 1.63. The molecule has 1 saturated heterocycles. The van der Waals surface area contributed by atoms with Gasteiger partial charge in [-0.05, 0) is 38.5 Å². The number of rotatable bonds is 5. The van der Waals surface area contributed by atoms with Gasteiger partial charge >= 0.3 is 5.97 Å². The van der Waals surface area contributed by atoms with Crippen LogP contribution in [0.5, 0.6) is 11.5 Å². The summed E-state index contributed by atoms with van der Waals surface area (Å²) in [6.45, 7) is 5.58. The highest BCUT2D eigenvalue weighted by Crippen LogP contribution is 2.44. The molecule has 0 saturated carbocycles. The topological polar surface area (TPSA) is 77.4 Å². The molecule has 7 nitrogen and oxygen atoms in total. The van der Waals surface area contributed by atoms with Crippen LogP contribution in [0.15, 0.2) is 34.5 Å². The molecule has 0 unspecified atom stereocenters.